The van der Waals surface area contributed by atoms with Crippen LogP contribution in [0.4, 0.5) is 10.1 Å². The van der Waals surface area contributed by atoms with E-state index in [1.165, 1.54) is 6.92 Å². The van der Waals surface area contributed by atoms with Gasteiger partial charge in [-0.25, -0.2) is 4.39 Å². The molecule has 218 valence electrons. The van der Waals surface area contributed by atoms with Gasteiger partial charge in [0, 0.05) is 29.3 Å². The summed E-state index contributed by atoms with van der Waals surface area (Å²) < 4.78 is 33.2. The van der Waals surface area contributed by atoms with Gasteiger partial charge in [-0.2, -0.15) is 0 Å². The highest BCUT2D eigenvalue weighted by Gasteiger charge is 2.44. The number of carbonyl (C=O) groups excluding carboxylic acids is 2. The van der Waals surface area contributed by atoms with Crippen molar-refractivity contribution in [3.05, 3.63) is 52.3 Å². The van der Waals surface area contributed by atoms with E-state index in [-0.39, 0.29) is 29.4 Å². The quantitative estimate of drug-likeness (QED) is 0.317. The molecular weight excluding hydrogens is 511 g/mol. The number of nitrogens with one attached hydrogen (secondary N) is 1. The molecule has 3 rings (SSSR count). The van der Waals surface area contributed by atoms with Crippen LogP contribution in [0.5, 0.6) is 17.2 Å². The highest BCUT2D eigenvalue weighted by atomic mass is 19.1. The van der Waals surface area contributed by atoms with Gasteiger partial charge in [0.05, 0.1) is 38.1 Å². The third-order valence-electron chi connectivity index (χ3n) is 7.09. The molecule has 1 aliphatic heterocycles. The van der Waals surface area contributed by atoms with Crippen molar-refractivity contribution in [1.82, 2.24) is 4.90 Å². The second-order valence-corrected chi connectivity index (χ2v) is 11.4. The van der Waals surface area contributed by atoms with Gasteiger partial charge >= 0.3 is 0 Å². The number of amides is 1. The number of allylic oxidation sites excluding steroid dienone is 1. The molecule has 1 heterocycles. The number of Topliss-reactive ketones (excluding diaryl/α,β-unsaturated/α-hetero) is 1. The molecule has 0 bridgehead atoms. The van der Waals surface area contributed by atoms with Crippen molar-refractivity contribution < 1.29 is 28.2 Å². The summed E-state index contributed by atoms with van der Waals surface area (Å²) in [6, 6.07) is 5.31. The van der Waals surface area contributed by atoms with E-state index in [9.17, 15) is 9.59 Å². The van der Waals surface area contributed by atoms with Gasteiger partial charge in [-0.1, -0.05) is 33.8 Å². The van der Waals surface area contributed by atoms with Crippen LogP contribution in [-0.2, 0) is 15.7 Å². The van der Waals surface area contributed by atoms with Crippen molar-refractivity contribution in [2.45, 2.75) is 79.7 Å². The van der Waals surface area contributed by atoms with E-state index in [1.54, 1.807) is 20.1 Å². The summed E-state index contributed by atoms with van der Waals surface area (Å²) in [5.41, 5.74) is 2.39. The molecule has 0 atom stereocenters. The normalized spacial score (nSPS) is 15.2. The Hall–Kier alpha value is -3.55. The van der Waals surface area contributed by atoms with Crippen LogP contribution in [-0.4, -0.2) is 43.5 Å². The number of hydrogen-bond donors (Lipinski definition) is 1. The van der Waals surface area contributed by atoms with Gasteiger partial charge in [-0.15, -0.1) is 0 Å². The maximum Gasteiger partial charge on any atom is 0.221 e. The third-order valence-corrected chi connectivity index (χ3v) is 7.09. The molecule has 40 heavy (non-hydrogen) atoms. The van der Waals surface area contributed by atoms with Gasteiger partial charge in [-0.05, 0) is 63.3 Å². The molecule has 2 aromatic rings. The highest BCUT2D eigenvalue weighted by molar-refractivity contribution is 6.02. The Kier molecular flexibility index (Phi) is 9.22. The van der Waals surface area contributed by atoms with Crippen LogP contribution < -0.4 is 19.5 Å². The first-order valence-corrected chi connectivity index (χ1v) is 13.9. The number of ketones is 1. The lowest BCUT2D eigenvalue weighted by Gasteiger charge is -2.35. The fourth-order valence-electron chi connectivity index (χ4n) is 5.24. The number of carbonyl (C=O) groups is 2. The van der Waals surface area contributed by atoms with Crippen LogP contribution in [0.2, 0.25) is 0 Å². The first-order valence-electron chi connectivity index (χ1n) is 13.9. The van der Waals surface area contributed by atoms with Crippen LogP contribution >= 0.6 is 0 Å². The summed E-state index contributed by atoms with van der Waals surface area (Å²) in [4.78, 5) is 27.9. The van der Waals surface area contributed by atoms with Crippen LogP contribution in [0, 0.1) is 5.82 Å². The van der Waals surface area contributed by atoms with E-state index in [2.05, 4.69) is 5.32 Å². The van der Waals surface area contributed by atoms with E-state index < -0.39 is 11.4 Å². The van der Waals surface area contributed by atoms with Gasteiger partial charge in [0.25, 0.3) is 0 Å². The number of halogens is 1. The van der Waals surface area contributed by atoms with Gasteiger partial charge in [-0.3, -0.25) is 9.59 Å². The molecule has 0 aromatic heterocycles. The van der Waals surface area contributed by atoms with Gasteiger partial charge < -0.3 is 24.4 Å². The Morgan fingerprint density at radius 2 is 1.70 bits per heavy atom. The van der Waals surface area contributed by atoms with E-state index in [4.69, 9.17) is 14.2 Å². The number of nitrogens with zero attached hydrogens (tertiary/aromatic N) is 1. The Balaban J connectivity index is 2.16. The zero-order chi connectivity index (χ0) is 30.0. The van der Waals surface area contributed by atoms with Gasteiger partial charge in [0.2, 0.25) is 5.91 Å². The van der Waals surface area contributed by atoms with Crippen molar-refractivity contribution in [2.75, 3.05) is 32.2 Å². The minimum Gasteiger partial charge on any atom is -0.494 e. The summed E-state index contributed by atoms with van der Waals surface area (Å²) in [6.45, 7) is 17.7. The Bertz CT molecular complexity index is 1320. The monoisotopic (exact) mass is 554 g/mol. The lowest BCUT2D eigenvalue weighted by Crippen LogP contribution is -2.38. The number of methoxy groups -OCH3 is 1. The molecular formula is C32H43FN2O5. The van der Waals surface area contributed by atoms with E-state index >= 15 is 4.39 Å². The molecule has 0 aliphatic carbocycles. The minimum atomic E-state index is -0.719. The molecule has 8 heteroatoms. The van der Waals surface area contributed by atoms with Crippen molar-refractivity contribution in [1.29, 1.82) is 0 Å². The van der Waals surface area contributed by atoms with Crippen LogP contribution in [0.1, 0.15) is 95.8 Å². The number of ether oxygens (including phenoxy) is 3. The zero-order valence-corrected chi connectivity index (χ0v) is 25.5. The van der Waals surface area contributed by atoms with Crippen LogP contribution in [0.3, 0.4) is 0 Å². The standard InChI is InChI=1S/C32H43FN2O5/c1-11-14-24-27-21(17-26(39-12-2)30(28(27)33)40-13-3)32(8,9)35(24)18-25(37)20-15-22(31(5,6)7)29(38-10)23(16-20)34-19(4)36/h14-17H,11-13,18H2,1-10H3,(H,34,36). The molecule has 0 unspecified atom stereocenters. The van der Waals surface area contributed by atoms with Gasteiger partial charge in [0.15, 0.2) is 23.1 Å². The molecule has 0 spiro atoms. The fourth-order valence-corrected chi connectivity index (χ4v) is 5.24. The molecule has 0 radical (unpaired) electrons. The second kappa shape index (κ2) is 11.9. The van der Waals surface area contributed by atoms with Crippen LogP contribution in [0.15, 0.2) is 24.3 Å². The third kappa shape index (κ3) is 5.81. The van der Waals surface area contributed by atoms with E-state index in [0.29, 0.717) is 53.6 Å². The number of rotatable bonds is 10. The number of hydrogen-bond acceptors (Lipinski definition) is 6. The first-order chi connectivity index (χ1) is 18.7. The predicted molar refractivity (Wildman–Crippen MR) is 157 cm³/mol. The Morgan fingerprint density at radius 1 is 1.05 bits per heavy atom. The molecule has 1 amide bonds. The lowest BCUT2D eigenvalue weighted by atomic mass is 9.84. The van der Waals surface area contributed by atoms with Crippen molar-refractivity contribution >= 4 is 23.1 Å². The van der Waals surface area contributed by atoms with Crippen molar-refractivity contribution in [2.24, 2.45) is 0 Å². The van der Waals surface area contributed by atoms with Crippen molar-refractivity contribution in [3.63, 3.8) is 0 Å². The van der Waals surface area contributed by atoms with Crippen molar-refractivity contribution in [3.8, 4) is 17.2 Å². The summed E-state index contributed by atoms with van der Waals surface area (Å²) >= 11 is 0. The number of benzene rings is 2. The topological polar surface area (TPSA) is 77.1 Å². The summed E-state index contributed by atoms with van der Waals surface area (Å²) in [6.07, 6.45) is 2.59. The molecule has 0 fully saturated rings. The van der Waals surface area contributed by atoms with E-state index in [0.717, 1.165) is 11.1 Å². The molecule has 1 aliphatic rings. The molecule has 0 saturated heterocycles. The minimum absolute atomic E-state index is 0.00366. The van der Waals surface area contributed by atoms with E-state index in [1.807, 2.05) is 71.6 Å². The number of anilines is 1. The zero-order valence-electron chi connectivity index (χ0n) is 25.5. The molecule has 1 N–H and O–H groups in total. The summed E-state index contributed by atoms with van der Waals surface area (Å²) in [7, 11) is 1.55. The lowest BCUT2D eigenvalue weighted by molar-refractivity contribution is -0.114. The Labute approximate surface area is 237 Å². The maximum absolute atomic E-state index is 16.1. The highest BCUT2D eigenvalue weighted by Crippen LogP contribution is 2.51. The summed E-state index contributed by atoms with van der Waals surface area (Å²) in [5, 5.41) is 2.81. The second-order valence-electron chi connectivity index (χ2n) is 11.4. The van der Waals surface area contributed by atoms with Gasteiger partial charge in [0.1, 0.15) is 5.75 Å². The average molecular weight is 555 g/mol. The fraction of sp³-hybridized carbons (Fsp3) is 0.500. The molecule has 2 aromatic carbocycles. The molecule has 7 nitrogen and oxygen atoms in total. The maximum atomic E-state index is 16.1. The largest absolute Gasteiger partial charge is 0.494 e. The first kappa shape index (κ1) is 31.0. The Morgan fingerprint density at radius 3 is 2.23 bits per heavy atom. The average Bonchev–Trinajstić information content (AvgIpc) is 3.06. The number of fused-ring (bicyclic) bond motifs is 1. The smallest absolute Gasteiger partial charge is 0.221 e. The predicted octanol–water partition coefficient (Wildman–Crippen LogP) is 7.07. The SMILES string of the molecule is CCC=C1c2c(cc(OCC)c(OCC)c2F)C(C)(C)N1CC(=O)c1cc(NC(C)=O)c(OC)c(C(C)(C)C)c1. The van der Waals surface area contributed by atoms with Crippen LogP contribution in [0.25, 0.3) is 5.70 Å². The molecule has 0 saturated carbocycles. The summed E-state index contributed by atoms with van der Waals surface area (Å²) in [5.74, 6) is 0.0316.